The van der Waals surface area contributed by atoms with Gasteiger partial charge in [-0.05, 0) is 37.3 Å². The van der Waals surface area contributed by atoms with Gasteiger partial charge in [0.1, 0.15) is 5.52 Å². The molecule has 0 spiro atoms. The maximum absolute atomic E-state index is 12.6. The van der Waals surface area contributed by atoms with Gasteiger partial charge in [-0.25, -0.2) is 9.97 Å². The molecular weight excluding hydrogens is 433 g/mol. The number of aromatic nitrogens is 3. The number of nitrogens with one attached hydrogen (secondary N) is 2. The van der Waals surface area contributed by atoms with Gasteiger partial charge in [0.25, 0.3) is 5.91 Å². The molecule has 2 heterocycles. The molecule has 0 unspecified atom stereocenters. The first-order valence-electron chi connectivity index (χ1n) is 9.40. The molecule has 0 saturated heterocycles. The Morgan fingerprint density at radius 2 is 1.84 bits per heavy atom. The van der Waals surface area contributed by atoms with Crippen LogP contribution in [0.4, 0.5) is 17.3 Å². The van der Waals surface area contributed by atoms with Crippen molar-refractivity contribution in [2.75, 3.05) is 10.6 Å². The topological polar surface area (TPSA) is 71.8 Å². The first kappa shape index (κ1) is 20.7. The van der Waals surface area contributed by atoms with Gasteiger partial charge in [-0.2, -0.15) is 0 Å². The van der Waals surface area contributed by atoms with Crippen molar-refractivity contribution in [3.05, 3.63) is 76.4 Å². The summed E-state index contributed by atoms with van der Waals surface area (Å²) in [6.45, 7) is 2.12. The Labute approximate surface area is 189 Å². The van der Waals surface area contributed by atoms with E-state index in [1.807, 2.05) is 34.9 Å². The lowest BCUT2D eigenvalue weighted by molar-refractivity contribution is 0.102. The number of carbonyl (C=O) groups is 1. The van der Waals surface area contributed by atoms with E-state index in [-0.39, 0.29) is 5.91 Å². The van der Waals surface area contributed by atoms with Crippen LogP contribution in [-0.4, -0.2) is 20.4 Å². The molecular formula is C23H17Cl2N5O. The van der Waals surface area contributed by atoms with Crippen molar-refractivity contribution in [2.45, 2.75) is 13.5 Å². The summed E-state index contributed by atoms with van der Waals surface area (Å²) in [6.07, 6.45) is 1.52. The number of fused-ring (bicyclic) bond motifs is 1. The molecule has 1 amide bonds. The minimum atomic E-state index is -0.271. The normalized spacial score (nSPS) is 10.4. The summed E-state index contributed by atoms with van der Waals surface area (Å²) in [4.78, 5) is 21.7. The number of benzene rings is 2. The number of anilines is 3. The fourth-order valence-corrected chi connectivity index (χ4v) is 3.48. The lowest BCUT2D eigenvalue weighted by Crippen LogP contribution is -2.12. The van der Waals surface area contributed by atoms with Gasteiger partial charge in [-0.3, -0.25) is 9.36 Å². The third-order valence-electron chi connectivity index (χ3n) is 4.49. The molecule has 0 aliphatic heterocycles. The summed E-state index contributed by atoms with van der Waals surface area (Å²) >= 11 is 12.6. The van der Waals surface area contributed by atoms with Crippen molar-refractivity contribution in [3.63, 3.8) is 0 Å². The molecule has 0 aliphatic carbocycles. The molecule has 4 aromatic rings. The van der Waals surface area contributed by atoms with Crippen LogP contribution >= 0.6 is 23.2 Å². The van der Waals surface area contributed by atoms with Gasteiger partial charge in [-0.15, -0.1) is 5.92 Å². The number of carbonyl (C=O) groups excluding carboxylic acids is 1. The molecule has 154 valence electrons. The molecule has 2 aromatic carbocycles. The van der Waals surface area contributed by atoms with Crippen molar-refractivity contribution in [1.82, 2.24) is 14.5 Å². The smallest absolute Gasteiger partial charge is 0.257 e. The number of hydrogen-bond acceptors (Lipinski definition) is 4. The van der Waals surface area contributed by atoms with E-state index in [9.17, 15) is 4.79 Å². The lowest BCUT2D eigenvalue weighted by atomic mass is 10.2. The highest BCUT2D eigenvalue weighted by Gasteiger charge is 2.17. The molecule has 31 heavy (non-hydrogen) atoms. The summed E-state index contributed by atoms with van der Waals surface area (Å²) in [7, 11) is 0. The molecule has 0 saturated carbocycles. The zero-order chi connectivity index (χ0) is 21.8. The molecule has 0 atom stereocenters. The van der Waals surface area contributed by atoms with E-state index in [2.05, 4.69) is 32.4 Å². The van der Waals surface area contributed by atoms with Gasteiger partial charge in [0.15, 0.2) is 5.65 Å². The summed E-state index contributed by atoms with van der Waals surface area (Å²) in [5, 5.41) is 6.95. The van der Waals surface area contributed by atoms with E-state index in [0.717, 1.165) is 0 Å². The van der Waals surface area contributed by atoms with Crippen LogP contribution in [0.25, 0.3) is 11.2 Å². The number of rotatable bonds is 5. The summed E-state index contributed by atoms with van der Waals surface area (Å²) in [6, 6.07) is 16.1. The number of imidazole rings is 1. The third kappa shape index (κ3) is 4.48. The molecule has 0 bridgehead atoms. The van der Waals surface area contributed by atoms with E-state index in [4.69, 9.17) is 23.2 Å². The van der Waals surface area contributed by atoms with Crippen molar-refractivity contribution < 1.29 is 4.79 Å². The molecule has 0 fully saturated rings. The average Bonchev–Trinajstić information content (AvgIpc) is 3.11. The second-order valence-electron chi connectivity index (χ2n) is 6.56. The fourth-order valence-electron chi connectivity index (χ4n) is 2.99. The molecule has 0 aliphatic rings. The lowest BCUT2D eigenvalue weighted by Gasteiger charge is -2.10. The zero-order valence-electron chi connectivity index (χ0n) is 16.5. The Bertz CT molecular complexity index is 1300. The number of pyridine rings is 1. The molecule has 2 N–H and O–H groups in total. The number of nitrogens with zero attached hydrogens (tertiary/aromatic N) is 3. The van der Waals surface area contributed by atoms with Gasteiger partial charge in [0, 0.05) is 11.9 Å². The maximum Gasteiger partial charge on any atom is 0.257 e. The standard InChI is InChI=1S/C23H17Cl2N5O/c1-2-3-12-30-21-19(28-23(30)29-20-17(24)10-7-11-18(20)25)13-15(14-26-21)22(31)27-16-8-5-4-6-9-16/h4-11,13-14H,12H2,1H3,(H,27,31)(H,28,29). The predicted molar refractivity (Wildman–Crippen MR) is 125 cm³/mol. The molecule has 8 heteroatoms. The van der Waals surface area contributed by atoms with Gasteiger partial charge < -0.3 is 10.6 Å². The SMILES string of the molecule is CC#CCn1c(Nc2c(Cl)cccc2Cl)nc2cc(C(=O)Nc3ccccc3)cnc21. The van der Waals surface area contributed by atoms with Crippen LogP contribution in [0.5, 0.6) is 0 Å². The highest BCUT2D eigenvalue weighted by Crippen LogP contribution is 2.33. The van der Waals surface area contributed by atoms with E-state index in [1.54, 1.807) is 31.2 Å². The van der Waals surface area contributed by atoms with E-state index in [0.29, 0.717) is 50.6 Å². The minimum Gasteiger partial charge on any atom is -0.323 e. The minimum absolute atomic E-state index is 0.271. The second kappa shape index (κ2) is 9.09. The number of para-hydroxylation sites is 2. The van der Waals surface area contributed by atoms with Crippen LogP contribution in [-0.2, 0) is 6.54 Å². The quantitative estimate of drug-likeness (QED) is 0.380. The summed E-state index contributed by atoms with van der Waals surface area (Å²) in [5.41, 5.74) is 2.76. The number of amides is 1. The van der Waals surface area contributed by atoms with Crippen molar-refractivity contribution in [1.29, 1.82) is 0 Å². The maximum atomic E-state index is 12.6. The Kier molecular flexibility index (Phi) is 6.08. The zero-order valence-corrected chi connectivity index (χ0v) is 18.0. The van der Waals surface area contributed by atoms with Crippen molar-refractivity contribution in [3.8, 4) is 11.8 Å². The Hall–Kier alpha value is -3.53. The first-order valence-corrected chi connectivity index (χ1v) is 10.2. The largest absolute Gasteiger partial charge is 0.323 e. The van der Waals surface area contributed by atoms with Gasteiger partial charge in [0.05, 0.1) is 27.8 Å². The van der Waals surface area contributed by atoms with Gasteiger partial charge in [-0.1, -0.05) is 53.4 Å². The summed E-state index contributed by atoms with van der Waals surface area (Å²) < 4.78 is 1.81. The van der Waals surface area contributed by atoms with Crippen molar-refractivity contribution >= 4 is 57.6 Å². The first-order chi connectivity index (χ1) is 15.1. The van der Waals surface area contributed by atoms with Crippen LogP contribution < -0.4 is 10.6 Å². The van der Waals surface area contributed by atoms with Crippen LogP contribution in [0.15, 0.2) is 60.8 Å². The van der Waals surface area contributed by atoms with Crippen LogP contribution in [0.3, 0.4) is 0 Å². The van der Waals surface area contributed by atoms with Crippen LogP contribution in [0, 0.1) is 11.8 Å². The average molecular weight is 450 g/mol. The van der Waals surface area contributed by atoms with E-state index >= 15 is 0 Å². The number of halogens is 2. The Balaban J connectivity index is 1.72. The van der Waals surface area contributed by atoms with Crippen LogP contribution in [0.1, 0.15) is 17.3 Å². The second-order valence-corrected chi connectivity index (χ2v) is 7.37. The fraction of sp³-hybridized carbons (Fsp3) is 0.0870. The third-order valence-corrected chi connectivity index (χ3v) is 5.12. The summed E-state index contributed by atoms with van der Waals surface area (Å²) in [5.74, 6) is 6.09. The Morgan fingerprint density at radius 3 is 2.55 bits per heavy atom. The molecule has 4 rings (SSSR count). The van der Waals surface area contributed by atoms with Gasteiger partial charge >= 0.3 is 0 Å². The predicted octanol–water partition coefficient (Wildman–Crippen LogP) is 5.76. The Morgan fingerprint density at radius 1 is 1.10 bits per heavy atom. The van der Waals surface area contributed by atoms with Gasteiger partial charge in [0.2, 0.25) is 5.95 Å². The number of hydrogen-bond donors (Lipinski definition) is 2. The van der Waals surface area contributed by atoms with E-state index < -0.39 is 0 Å². The van der Waals surface area contributed by atoms with E-state index in [1.165, 1.54) is 6.20 Å². The highest BCUT2D eigenvalue weighted by atomic mass is 35.5. The molecule has 6 nitrogen and oxygen atoms in total. The molecule has 2 aromatic heterocycles. The van der Waals surface area contributed by atoms with Crippen molar-refractivity contribution in [2.24, 2.45) is 0 Å². The van der Waals surface area contributed by atoms with Crippen LogP contribution in [0.2, 0.25) is 10.0 Å². The highest BCUT2D eigenvalue weighted by molar-refractivity contribution is 6.39. The molecule has 0 radical (unpaired) electrons. The monoisotopic (exact) mass is 449 g/mol.